The average Bonchev–Trinajstić information content (AvgIpc) is 3.13. The van der Waals surface area contributed by atoms with Gasteiger partial charge < -0.3 is 4.74 Å². The molecule has 1 aliphatic rings. The second-order valence-electron chi connectivity index (χ2n) is 5.34. The Hall–Kier alpha value is -1.76. The topological polar surface area (TPSA) is 78.0 Å². The normalized spacial score (nSPS) is 15.1. The van der Waals surface area contributed by atoms with E-state index in [1.807, 2.05) is 4.68 Å². The van der Waals surface area contributed by atoms with Gasteiger partial charge in [0.1, 0.15) is 12.2 Å². The Morgan fingerprint density at radius 3 is 3.05 bits per heavy atom. The third kappa shape index (κ3) is 2.97. The number of aryl methyl sites for hydroxylation is 1. The van der Waals surface area contributed by atoms with Crippen molar-refractivity contribution in [1.82, 2.24) is 20.2 Å². The van der Waals surface area contributed by atoms with Crippen molar-refractivity contribution in [2.75, 3.05) is 0 Å². The fourth-order valence-electron chi connectivity index (χ4n) is 2.71. The van der Waals surface area contributed by atoms with Crippen molar-refractivity contribution in [3.63, 3.8) is 0 Å². The van der Waals surface area contributed by atoms with Gasteiger partial charge in [-0.05, 0) is 23.1 Å². The highest BCUT2D eigenvalue weighted by molar-refractivity contribution is 5.34. The number of ether oxygens (including phenoxy) is 1. The second-order valence-corrected chi connectivity index (χ2v) is 5.34. The first kappa shape index (κ1) is 14.2. The number of hydrazine groups is 1. The molecule has 2 aromatic rings. The summed E-state index contributed by atoms with van der Waals surface area (Å²) in [5.74, 6) is 6.71. The van der Waals surface area contributed by atoms with E-state index in [0.717, 1.165) is 30.8 Å². The van der Waals surface area contributed by atoms with Gasteiger partial charge in [-0.1, -0.05) is 25.1 Å². The Morgan fingerprint density at radius 2 is 2.24 bits per heavy atom. The maximum atomic E-state index is 5.75. The van der Waals surface area contributed by atoms with E-state index < -0.39 is 0 Å². The molecule has 0 bridgehead atoms. The molecule has 0 aliphatic carbocycles. The van der Waals surface area contributed by atoms with Crippen LogP contribution in [0.3, 0.4) is 0 Å². The van der Waals surface area contributed by atoms with Crippen molar-refractivity contribution < 1.29 is 4.74 Å². The van der Waals surface area contributed by atoms with Crippen LogP contribution in [0.25, 0.3) is 0 Å². The van der Waals surface area contributed by atoms with Crippen LogP contribution in [-0.2, 0) is 30.9 Å². The summed E-state index contributed by atoms with van der Waals surface area (Å²) >= 11 is 0. The number of benzene rings is 1. The Labute approximate surface area is 124 Å². The first-order valence-corrected chi connectivity index (χ1v) is 7.34. The summed E-state index contributed by atoms with van der Waals surface area (Å²) < 4.78 is 7.41. The van der Waals surface area contributed by atoms with Crippen molar-refractivity contribution >= 4 is 0 Å². The number of rotatable bonds is 6. The number of hydrogen-bond acceptors (Lipinski definition) is 5. The molecule has 0 fully saturated rings. The minimum absolute atomic E-state index is 0.0238. The van der Waals surface area contributed by atoms with Crippen LogP contribution in [0, 0.1) is 0 Å². The summed E-state index contributed by atoms with van der Waals surface area (Å²) in [5.41, 5.74) is 6.58. The average molecular weight is 287 g/mol. The predicted molar refractivity (Wildman–Crippen MR) is 79.0 cm³/mol. The highest BCUT2D eigenvalue weighted by Crippen LogP contribution is 2.25. The monoisotopic (exact) mass is 287 g/mol. The molecule has 0 saturated heterocycles. The lowest BCUT2D eigenvalue weighted by Gasteiger charge is -2.17. The molecule has 1 aromatic heterocycles. The van der Waals surface area contributed by atoms with Gasteiger partial charge in [0.2, 0.25) is 0 Å². The molecule has 2 heterocycles. The summed E-state index contributed by atoms with van der Waals surface area (Å²) in [6.45, 7) is 4.41. The van der Waals surface area contributed by atoms with Gasteiger partial charge in [-0.2, -0.15) is 5.10 Å². The lowest BCUT2D eigenvalue weighted by atomic mass is 9.99. The van der Waals surface area contributed by atoms with Crippen LogP contribution in [0.4, 0.5) is 0 Å². The SMILES string of the molecule is CCCn1ncnc1CC(NN)c1ccc2c(c1)COC2. The molecule has 0 amide bonds. The zero-order valence-corrected chi connectivity index (χ0v) is 12.2. The zero-order valence-electron chi connectivity index (χ0n) is 12.2. The predicted octanol–water partition coefficient (Wildman–Crippen LogP) is 1.47. The van der Waals surface area contributed by atoms with Crippen LogP contribution in [-0.4, -0.2) is 14.8 Å². The van der Waals surface area contributed by atoms with Gasteiger partial charge in [0.05, 0.1) is 19.3 Å². The molecule has 1 aliphatic heterocycles. The molecule has 6 heteroatoms. The van der Waals surface area contributed by atoms with Gasteiger partial charge >= 0.3 is 0 Å². The number of aromatic nitrogens is 3. The molecule has 6 nitrogen and oxygen atoms in total. The fourth-order valence-corrected chi connectivity index (χ4v) is 2.71. The first-order valence-electron chi connectivity index (χ1n) is 7.34. The first-order chi connectivity index (χ1) is 10.3. The Balaban J connectivity index is 1.80. The zero-order chi connectivity index (χ0) is 14.7. The minimum atomic E-state index is 0.0238. The van der Waals surface area contributed by atoms with E-state index in [0.29, 0.717) is 13.2 Å². The molecule has 21 heavy (non-hydrogen) atoms. The van der Waals surface area contributed by atoms with Crippen LogP contribution in [0.1, 0.15) is 41.9 Å². The quantitative estimate of drug-likeness (QED) is 0.621. The van der Waals surface area contributed by atoms with Gasteiger partial charge in [-0.3, -0.25) is 16.0 Å². The van der Waals surface area contributed by atoms with Crippen LogP contribution in [0.15, 0.2) is 24.5 Å². The maximum Gasteiger partial charge on any atom is 0.138 e. The second kappa shape index (κ2) is 6.34. The standard InChI is InChI=1S/C15H21N5O/c1-2-5-20-15(17-10-18-20)7-14(19-16)11-3-4-12-8-21-9-13(12)6-11/h3-4,6,10,14,19H,2,5,7-9,16H2,1H3. The molecule has 1 unspecified atom stereocenters. The van der Waals surface area contributed by atoms with Crippen molar-refractivity contribution in [1.29, 1.82) is 0 Å². The Kier molecular flexibility index (Phi) is 4.28. The third-order valence-electron chi connectivity index (χ3n) is 3.87. The van der Waals surface area contributed by atoms with Crippen LogP contribution < -0.4 is 11.3 Å². The highest BCUT2D eigenvalue weighted by atomic mass is 16.5. The summed E-state index contributed by atoms with van der Waals surface area (Å²) in [6, 6.07) is 6.43. The van der Waals surface area contributed by atoms with Gasteiger partial charge in [0.15, 0.2) is 0 Å². The molecule has 1 atom stereocenters. The van der Waals surface area contributed by atoms with E-state index in [9.17, 15) is 0 Å². The molecule has 112 valence electrons. The number of hydrogen-bond donors (Lipinski definition) is 2. The van der Waals surface area contributed by atoms with Gasteiger partial charge in [0, 0.05) is 13.0 Å². The van der Waals surface area contributed by atoms with Crippen molar-refractivity contribution in [3.05, 3.63) is 47.0 Å². The molecule has 3 rings (SSSR count). The van der Waals surface area contributed by atoms with Crippen LogP contribution in [0.5, 0.6) is 0 Å². The van der Waals surface area contributed by atoms with Crippen molar-refractivity contribution in [2.45, 2.75) is 45.6 Å². The minimum Gasteiger partial charge on any atom is -0.372 e. The Bertz CT molecular complexity index is 610. The molecular weight excluding hydrogens is 266 g/mol. The van der Waals surface area contributed by atoms with Gasteiger partial charge in [0.25, 0.3) is 0 Å². The largest absolute Gasteiger partial charge is 0.372 e. The molecule has 0 saturated carbocycles. The summed E-state index contributed by atoms with van der Waals surface area (Å²) in [5, 5.41) is 4.26. The lowest BCUT2D eigenvalue weighted by molar-refractivity contribution is 0.134. The van der Waals surface area contributed by atoms with Gasteiger partial charge in [-0.25, -0.2) is 4.98 Å². The van der Waals surface area contributed by atoms with E-state index in [4.69, 9.17) is 10.6 Å². The third-order valence-corrected chi connectivity index (χ3v) is 3.87. The van der Waals surface area contributed by atoms with E-state index in [2.05, 4.69) is 40.6 Å². The van der Waals surface area contributed by atoms with E-state index in [-0.39, 0.29) is 6.04 Å². The number of fused-ring (bicyclic) bond motifs is 1. The summed E-state index contributed by atoms with van der Waals surface area (Å²) in [7, 11) is 0. The van der Waals surface area contributed by atoms with E-state index >= 15 is 0 Å². The number of nitrogens with two attached hydrogens (primary N) is 1. The van der Waals surface area contributed by atoms with Gasteiger partial charge in [-0.15, -0.1) is 0 Å². The Morgan fingerprint density at radius 1 is 1.38 bits per heavy atom. The summed E-state index contributed by atoms with van der Waals surface area (Å²) in [6.07, 6.45) is 3.36. The lowest BCUT2D eigenvalue weighted by Crippen LogP contribution is -2.30. The van der Waals surface area contributed by atoms with E-state index in [1.165, 1.54) is 11.1 Å². The van der Waals surface area contributed by atoms with Crippen LogP contribution >= 0.6 is 0 Å². The smallest absolute Gasteiger partial charge is 0.138 e. The number of nitrogens with zero attached hydrogens (tertiary/aromatic N) is 3. The molecular formula is C15H21N5O. The fraction of sp³-hybridized carbons (Fsp3) is 0.467. The highest BCUT2D eigenvalue weighted by Gasteiger charge is 2.18. The van der Waals surface area contributed by atoms with E-state index in [1.54, 1.807) is 6.33 Å². The maximum absolute atomic E-state index is 5.75. The van der Waals surface area contributed by atoms with Crippen molar-refractivity contribution in [3.8, 4) is 0 Å². The summed E-state index contributed by atoms with van der Waals surface area (Å²) in [4.78, 5) is 4.35. The van der Waals surface area contributed by atoms with Crippen molar-refractivity contribution in [2.24, 2.45) is 5.84 Å². The molecule has 0 spiro atoms. The van der Waals surface area contributed by atoms with Crippen LogP contribution in [0.2, 0.25) is 0 Å². The molecule has 1 aromatic carbocycles. The molecule has 0 radical (unpaired) electrons. The number of nitrogens with one attached hydrogen (secondary N) is 1. The molecule has 3 N–H and O–H groups in total.